The SMILES string of the molecule is CC(C)Oc1ccc(S(N)(=O)=O)cc1Nc1nc(-c2ccc(OCCN3CCOCC3)cc2)cs1. The smallest absolute Gasteiger partial charge is 0.238 e. The monoisotopic (exact) mass is 518 g/mol. The summed E-state index contributed by atoms with van der Waals surface area (Å²) in [6, 6.07) is 12.3. The fourth-order valence-electron chi connectivity index (χ4n) is 3.56. The third-order valence-corrected chi connectivity index (χ3v) is 6.99. The molecule has 0 aliphatic carbocycles. The average Bonchev–Trinajstić information content (AvgIpc) is 3.29. The maximum absolute atomic E-state index is 11.8. The number of nitrogens with one attached hydrogen (secondary N) is 1. The molecule has 3 N–H and O–H groups in total. The predicted octanol–water partition coefficient (Wildman–Crippen LogP) is 3.70. The average molecular weight is 519 g/mol. The van der Waals surface area contributed by atoms with Crippen LogP contribution in [-0.2, 0) is 14.8 Å². The molecule has 1 aliphatic heterocycles. The van der Waals surface area contributed by atoms with Gasteiger partial charge < -0.3 is 19.5 Å². The number of benzene rings is 2. The van der Waals surface area contributed by atoms with E-state index >= 15 is 0 Å². The molecule has 2 aromatic carbocycles. The van der Waals surface area contributed by atoms with Gasteiger partial charge in [0.15, 0.2) is 5.13 Å². The van der Waals surface area contributed by atoms with Gasteiger partial charge in [0.2, 0.25) is 10.0 Å². The Hall–Kier alpha value is -2.70. The molecule has 0 spiro atoms. The molecule has 4 rings (SSSR count). The third-order valence-electron chi connectivity index (χ3n) is 5.32. The van der Waals surface area contributed by atoms with Gasteiger partial charge in [0.25, 0.3) is 0 Å². The summed E-state index contributed by atoms with van der Waals surface area (Å²) in [5.74, 6) is 1.33. The van der Waals surface area contributed by atoms with Crippen LogP contribution in [0, 0.1) is 0 Å². The van der Waals surface area contributed by atoms with Crippen LogP contribution in [0.15, 0.2) is 52.7 Å². The molecule has 1 aliphatic rings. The number of nitrogens with two attached hydrogens (primary N) is 1. The Labute approximate surface area is 209 Å². The van der Waals surface area contributed by atoms with Crippen molar-refractivity contribution < 1.29 is 22.6 Å². The van der Waals surface area contributed by atoms with E-state index in [1.54, 1.807) is 6.07 Å². The molecule has 1 saturated heterocycles. The number of aromatic nitrogens is 1. The first kappa shape index (κ1) is 25.4. The van der Waals surface area contributed by atoms with E-state index in [0.717, 1.165) is 49.9 Å². The molecule has 0 unspecified atom stereocenters. The van der Waals surface area contributed by atoms with Crippen LogP contribution < -0.4 is 19.9 Å². The Kier molecular flexibility index (Phi) is 8.24. The standard InChI is InChI=1S/C24H30N4O5S2/c1-17(2)33-23-8-7-20(35(25,29)30)15-21(23)26-24-27-22(16-34-24)18-3-5-19(6-4-18)32-14-11-28-9-12-31-13-10-28/h3-8,15-17H,9-14H2,1-2H3,(H,26,27)(H2,25,29,30). The van der Waals surface area contributed by atoms with Crippen LogP contribution in [0.25, 0.3) is 11.3 Å². The molecular formula is C24H30N4O5S2. The van der Waals surface area contributed by atoms with Crippen LogP contribution in [0.3, 0.4) is 0 Å². The number of thiazole rings is 1. The van der Waals surface area contributed by atoms with Gasteiger partial charge in [-0.1, -0.05) is 0 Å². The number of sulfonamides is 1. The molecule has 9 nitrogen and oxygen atoms in total. The highest BCUT2D eigenvalue weighted by molar-refractivity contribution is 7.89. The predicted molar refractivity (Wildman–Crippen MR) is 137 cm³/mol. The van der Waals surface area contributed by atoms with E-state index in [1.165, 1.54) is 23.5 Å². The molecule has 0 amide bonds. The van der Waals surface area contributed by atoms with Crippen molar-refractivity contribution in [3.8, 4) is 22.8 Å². The van der Waals surface area contributed by atoms with Gasteiger partial charge in [-0.05, 0) is 56.3 Å². The molecule has 1 fully saturated rings. The van der Waals surface area contributed by atoms with Gasteiger partial charge >= 0.3 is 0 Å². The minimum Gasteiger partial charge on any atom is -0.492 e. The summed E-state index contributed by atoms with van der Waals surface area (Å²) in [4.78, 5) is 6.98. The fourth-order valence-corrected chi connectivity index (χ4v) is 4.83. The van der Waals surface area contributed by atoms with Crippen molar-refractivity contribution in [1.82, 2.24) is 9.88 Å². The van der Waals surface area contributed by atoms with Crippen molar-refractivity contribution in [2.24, 2.45) is 5.14 Å². The maximum atomic E-state index is 11.8. The zero-order chi connectivity index (χ0) is 24.8. The molecule has 2 heterocycles. The first-order valence-corrected chi connectivity index (χ1v) is 13.8. The highest BCUT2D eigenvalue weighted by Gasteiger charge is 2.15. The number of hydrogen-bond donors (Lipinski definition) is 2. The zero-order valence-electron chi connectivity index (χ0n) is 19.8. The van der Waals surface area contributed by atoms with E-state index in [1.807, 2.05) is 43.5 Å². The van der Waals surface area contributed by atoms with Crippen LogP contribution in [0.5, 0.6) is 11.5 Å². The molecule has 35 heavy (non-hydrogen) atoms. The van der Waals surface area contributed by atoms with Crippen molar-refractivity contribution in [2.75, 3.05) is 44.8 Å². The lowest BCUT2D eigenvalue weighted by Crippen LogP contribution is -2.38. The van der Waals surface area contributed by atoms with Gasteiger partial charge in [-0.25, -0.2) is 18.5 Å². The van der Waals surface area contributed by atoms with E-state index < -0.39 is 10.0 Å². The normalized spacial score (nSPS) is 14.7. The van der Waals surface area contributed by atoms with Crippen molar-refractivity contribution in [3.05, 3.63) is 47.8 Å². The Morgan fingerprint density at radius 3 is 2.60 bits per heavy atom. The number of ether oxygens (including phenoxy) is 3. The minimum atomic E-state index is -3.85. The summed E-state index contributed by atoms with van der Waals surface area (Å²) in [5.41, 5.74) is 2.23. The summed E-state index contributed by atoms with van der Waals surface area (Å²) in [5, 5.41) is 11.0. The zero-order valence-corrected chi connectivity index (χ0v) is 21.4. The molecule has 0 bridgehead atoms. The lowest BCUT2D eigenvalue weighted by molar-refractivity contribution is 0.0322. The first-order valence-electron chi connectivity index (χ1n) is 11.4. The van der Waals surface area contributed by atoms with Crippen LogP contribution in [-0.4, -0.2) is 63.9 Å². The fraction of sp³-hybridized carbons (Fsp3) is 0.375. The number of primary sulfonamides is 1. The van der Waals surface area contributed by atoms with E-state index in [4.69, 9.17) is 19.3 Å². The highest BCUT2D eigenvalue weighted by atomic mass is 32.2. The Morgan fingerprint density at radius 1 is 1.17 bits per heavy atom. The van der Waals surface area contributed by atoms with Gasteiger partial charge in [-0.15, -0.1) is 11.3 Å². The molecule has 0 atom stereocenters. The molecule has 3 aromatic rings. The van der Waals surface area contributed by atoms with Crippen LogP contribution in [0.4, 0.5) is 10.8 Å². The van der Waals surface area contributed by atoms with Crippen LogP contribution in [0.1, 0.15) is 13.8 Å². The van der Waals surface area contributed by atoms with E-state index in [0.29, 0.717) is 23.2 Å². The summed E-state index contributed by atoms with van der Waals surface area (Å²) in [7, 11) is -3.85. The second-order valence-corrected chi connectivity index (χ2v) is 10.8. The van der Waals surface area contributed by atoms with Gasteiger partial charge in [0, 0.05) is 30.6 Å². The summed E-state index contributed by atoms with van der Waals surface area (Å²) in [6.45, 7) is 8.75. The van der Waals surface area contributed by atoms with Crippen molar-refractivity contribution in [1.29, 1.82) is 0 Å². The number of anilines is 2. The molecule has 11 heteroatoms. The molecule has 0 radical (unpaired) electrons. The van der Waals surface area contributed by atoms with Crippen molar-refractivity contribution >= 4 is 32.2 Å². The number of nitrogens with zero attached hydrogens (tertiary/aromatic N) is 2. The van der Waals surface area contributed by atoms with Gasteiger partial charge in [0.1, 0.15) is 18.1 Å². The summed E-state index contributed by atoms with van der Waals surface area (Å²) < 4.78 is 40.7. The molecule has 1 aromatic heterocycles. The maximum Gasteiger partial charge on any atom is 0.238 e. The summed E-state index contributed by atoms with van der Waals surface area (Å²) in [6.07, 6.45) is -0.0858. The topological polar surface area (TPSA) is 116 Å². The minimum absolute atomic E-state index is 0.00269. The molecule has 188 valence electrons. The number of hydrogen-bond acceptors (Lipinski definition) is 9. The van der Waals surface area contributed by atoms with Gasteiger partial charge in [0.05, 0.1) is 35.6 Å². The van der Waals surface area contributed by atoms with Crippen LogP contribution >= 0.6 is 11.3 Å². The largest absolute Gasteiger partial charge is 0.492 e. The second-order valence-electron chi connectivity index (χ2n) is 8.36. The first-order chi connectivity index (χ1) is 16.8. The number of rotatable bonds is 10. The summed E-state index contributed by atoms with van der Waals surface area (Å²) >= 11 is 1.41. The Bertz CT molecular complexity index is 1220. The lowest BCUT2D eigenvalue weighted by Gasteiger charge is -2.26. The van der Waals surface area contributed by atoms with E-state index in [2.05, 4.69) is 15.2 Å². The molecular weight excluding hydrogens is 488 g/mol. The number of morpholine rings is 1. The second kappa shape index (κ2) is 11.4. The highest BCUT2D eigenvalue weighted by Crippen LogP contribution is 2.34. The van der Waals surface area contributed by atoms with E-state index in [9.17, 15) is 8.42 Å². The Morgan fingerprint density at radius 2 is 1.91 bits per heavy atom. The third kappa shape index (κ3) is 7.15. The van der Waals surface area contributed by atoms with Crippen LogP contribution in [0.2, 0.25) is 0 Å². The quantitative estimate of drug-likeness (QED) is 0.417. The lowest BCUT2D eigenvalue weighted by atomic mass is 10.2. The Balaban J connectivity index is 1.41. The van der Waals surface area contributed by atoms with Crippen molar-refractivity contribution in [2.45, 2.75) is 24.8 Å². The van der Waals surface area contributed by atoms with E-state index in [-0.39, 0.29) is 11.0 Å². The van der Waals surface area contributed by atoms with Gasteiger partial charge in [-0.3, -0.25) is 4.90 Å². The van der Waals surface area contributed by atoms with Crippen molar-refractivity contribution in [3.63, 3.8) is 0 Å². The van der Waals surface area contributed by atoms with Gasteiger partial charge in [-0.2, -0.15) is 0 Å². The molecule has 0 saturated carbocycles.